The summed E-state index contributed by atoms with van der Waals surface area (Å²) in [6.07, 6.45) is 5.19. The molecule has 110 valence electrons. The Morgan fingerprint density at radius 1 is 1.10 bits per heavy atom. The molecule has 0 radical (unpaired) electrons. The second-order valence-electron chi connectivity index (χ2n) is 6.29. The second kappa shape index (κ2) is 4.64. The Kier molecular flexibility index (Phi) is 3.14. The molecule has 1 aliphatic heterocycles. The van der Waals surface area contributed by atoms with E-state index in [1.54, 1.807) is 17.1 Å². The van der Waals surface area contributed by atoms with E-state index >= 15 is 0 Å². The van der Waals surface area contributed by atoms with Crippen LogP contribution in [0, 0.1) is 6.92 Å². The van der Waals surface area contributed by atoms with Crippen LogP contribution in [0.5, 0.6) is 0 Å². The van der Waals surface area contributed by atoms with E-state index in [0.29, 0.717) is 11.4 Å². The topological polar surface area (TPSA) is 62.1 Å². The van der Waals surface area contributed by atoms with Crippen LogP contribution in [0.1, 0.15) is 33.4 Å². The Morgan fingerprint density at radius 2 is 1.76 bits per heavy atom. The largest absolute Gasteiger partial charge is 0.516 e. The van der Waals surface area contributed by atoms with Gasteiger partial charge in [0.15, 0.2) is 5.82 Å². The summed E-state index contributed by atoms with van der Waals surface area (Å²) in [5, 5.41) is 4.34. The number of hydrogen-bond donors (Lipinski definition) is 0. The Balaban J connectivity index is 1.91. The fourth-order valence-electron chi connectivity index (χ4n) is 2.10. The molecule has 0 aromatic carbocycles. The first kappa shape index (κ1) is 14.2. The van der Waals surface area contributed by atoms with E-state index in [0.717, 1.165) is 5.69 Å². The van der Waals surface area contributed by atoms with Crippen LogP contribution < -0.4 is 5.59 Å². The van der Waals surface area contributed by atoms with Crippen molar-refractivity contribution < 1.29 is 9.31 Å². The average Bonchev–Trinajstić information content (AvgIpc) is 2.92. The molecule has 1 fully saturated rings. The molecule has 3 heterocycles. The van der Waals surface area contributed by atoms with Gasteiger partial charge < -0.3 is 9.31 Å². The first-order valence-corrected chi connectivity index (χ1v) is 6.99. The maximum Gasteiger partial charge on any atom is 0.516 e. The summed E-state index contributed by atoms with van der Waals surface area (Å²) in [4.78, 5) is 8.78. The third-order valence-corrected chi connectivity index (χ3v) is 4.09. The van der Waals surface area contributed by atoms with Gasteiger partial charge in [-0.2, -0.15) is 5.10 Å². The quantitative estimate of drug-likeness (QED) is 0.778. The van der Waals surface area contributed by atoms with Gasteiger partial charge in [-0.3, -0.25) is 4.98 Å². The molecule has 0 bridgehead atoms. The molecular weight excluding hydrogens is 267 g/mol. The van der Waals surface area contributed by atoms with Crippen molar-refractivity contribution >= 4 is 12.7 Å². The highest BCUT2D eigenvalue weighted by Crippen LogP contribution is 2.36. The molecule has 2 aromatic heterocycles. The Labute approximate surface area is 124 Å². The third kappa shape index (κ3) is 2.47. The van der Waals surface area contributed by atoms with Crippen LogP contribution in [0.25, 0.3) is 5.82 Å². The van der Waals surface area contributed by atoms with Crippen LogP contribution in [0.3, 0.4) is 0 Å². The summed E-state index contributed by atoms with van der Waals surface area (Å²) < 4.78 is 13.7. The highest BCUT2D eigenvalue weighted by molar-refractivity contribution is 6.61. The standard InChI is InChI=1S/C14H19BN4O2/c1-10-6-7-19(18-10)12-9-16-8-11(17-12)15-20-13(2,3)14(4,5)21-15/h6-9H,1-5H3. The molecule has 0 N–H and O–H groups in total. The van der Waals surface area contributed by atoms with Crippen molar-refractivity contribution in [3.05, 3.63) is 30.4 Å². The van der Waals surface area contributed by atoms with Gasteiger partial charge in [0.05, 0.1) is 28.7 Å². The minimum Gasteiger partial charge on any atom is -0.398 e. The Hall–Kier alpha value is -1.73. The van der Waals surface area contributed by atoms with Gasteiger partial charge in [0.25, 0.3) is 0 Å². The van der Waals surface area contributed by atoms with Crippen LogP contribution in [0.4, 0.5) is 0 Å². The molecule has 0 amide bonds. The fraction of sp³-hybridized carbons (Fsp3) is 0.500. The van der Waals surface area contributed by atoms with Crippen LogP contribution in [-0.4, -0.2) is 38.1 Å². The molecule has 0 atom stereocenters. The molecule has 0 spiro atoms. The zero-order chi connectivity index (χ0) is 15.3. The molecule has 7 heteroatoms. The van der Waals surface area contributed by atoms with Crippen LogP contribution in [0.15, 0.2) is 24.7 Å². The predicted octanol–water partition coefficient (Wildman–Crippen LogP) is 1.27. The third-order valence-electron chi connectivity index (χ3n) is 4.09. The molecule has 6 nitrogen and oxygen atoms in total. The van der Waals surface area contributed by atoms with Crippen molar-refractivity contribution in [2.75, 3.05) is 0 Å². The molecule has 3 rings (SSSR count). The lowest BCUT2D eigenvalue weighted by Gasteiger charge is -2.32. The minimum atomic E-state index is -0.515. The number of hydrogen-bond acceptors (Lipinski definition) is 5. The van der Waals surface area contributed by atoms with Crippen molar-refractivity contribution in [2.24, 2.45) is 0 Å². The summed E-state index contributed by atoms with van der Waals surface area (Å²) in [6, 6.07) is 1.92. The summed E-state index contributed by atoms with van der Waals surface area (Å²) >= 11 is 0. The molecule has 21 heavy (non-hydrogen) atoms. The molecule has 0 unspecified atom stereocenters. The van der Waals surface area contributed by atoms with Gasteiger partial charge in [0.2, 0.25) is 0 Å². The van der Waals surface area contributed by atoms with Crippen molar-refractivity contribution in [1.82, 2.24) is 19.7 Å². The minimum absolute atomic E-state index is 0.391. The zero-order valence-corrected chi connectivity index (χ0v) is 13.0. The fourth-order valence-corrected chi connectivity index (χ4v) is 2.10. The monoisotopic (exact) mass is 286 g/mol. The number of rotatable bonds is 2. The molecule has 2 aromatic rings. The van der Waals surface area contributed by atoms with E-state index in [9.17, 15) is 0 Å². The summed E-state index contributed by atoms with van der Waals surface area (Å²) in [7, 11) is -0.515. The highest BCUT2D eigenvalue weighted by Gasteiger charge is 2.52. The summed E-state index contributed by atoms with van der Waals surface area (Å²) in [5.74, 6) is 0.648. The predicted molar refractivity (Wildman–Crippen MR) is 79.6 cm³/mol. The lowest BCUT2D eigenvalue weighted by Crippen LogP contribution is -2.41. The Morgan fingerprint density at radius 3 is 2.33 bits per heavy atom. The maximum atomic E-state index is 5.99. The van der Waals surface area contributed by atoms with Crippen LogP contribution >= 0.6 is 0 Å². The van der Waals surface area contributed by atoms with E-state index < -0.39 is 18.3 Å². The van der Waals surface area contributed by atoms with Crippen molar-refractivity contribution in [1.29, 1.82) is 0 Å². The summed E-state index contributed by atoms with van der Waals surface area (Å²) in [6.45, 7) is 9.99. The average molecular weight is 286 g/mol. The SMILES string of the molecule is Cc1ccn(-c2cncc(B3OC(C)(C)C(C)(C)O3)n2)n1. The van der Waals surface area contributed by atoms with Crippen LogP contribution in [-0.2, 0) is 9.31 Å². The van der Waals surface area contributed by atoms with Gasteiger partial charge in [0, 0.05) is 12.4 Å². The second-order valence-corrected chi connectivity index (χ2v) is 6.29. The molecule has 1 saturated heterocycles. The van der Waals surface area contributed by atoms with E-state index in [2.05, 4.69) is 15.1 Å². The number of aryl methyl sites for hydroxylation is 1. The van der Waals surface area contributed by atoms with Gasteiger partial charge in [-0.1, -0.05) is 0 Å². The molecule has 0 saturated carbocycles. The van der Waals surface area contributed by atoms with E-state index in [1.165, 1.54) is 0 Å². The highest BCUT2D eigenvalue weighted by atomic mass is 16.7. The molecule has 0 aliphatic carbocycles. The van der Waals surface area contributed by atoms with Crippen LogP contribution in [0.2, 0.25) is 0 Å². The lowest BCUT2D eigenvalue weighted by atomic mass is 9.85. The van der Waals surface area contributed by atoms with E-state index in [-0.39, 0.29) is 0 Å². The lowest BCUT2D eigenvalue weighted by molar-refractivity contribution is 0.00578. The van der Waals surface area contributed by atoms with Gasteiger partial charge in [-0.15, -0.1) is 0 Å². The molecule has 1 aliphatic rings. The maximum absolute atomic E-state index is 5.99. The van der Waals surface area contributed by atoms with E-state index in [1.807, 2.05) is 46.9 Å². The first-order valence-electron chi connectivity index (χ1n) is 6.99. The van der Waals surface area contributed by atoms with Gasteiger partial charge in [0.1, 0.15) is 0 Å². The smallest absolute Gasteiger partial charge is 0.398 e. The van der Waals surface area contributed by atoms with Crippen molar-refractivity contribution in [3.8, 4) is 5.82 Å². The first-order chi connectivity index (χ1) is 9.78. The number of aromatic nitrogens is 4. The van der Waals surface area contributed by atoms with Gasteiger partial charge in [-0.05, 0) is 40.7 Å². The van der Waals surface area contributed by atoms with Crippen molar-refractivity contribution in [3.63, 3.8) is 0 Å². The van der Waals surface area contributed by atoms with Gasteiger partial charge in [-0.25, -0.2) is 9.67 Å². The van der Waals surface area contributed by atoms with Crippen molar-refractivity contribution in [2.45, 2.75) is 45.8 Å². The Bertz CT molecular complexity index is 652. The normalized spacial score (nSPS) is 20.0. The zero-order valence-electron chi connectivity index (χ0n) is 13.0. The summed E-state index contributed by atoms with van der Waals surface area (Å²) in [5.41, 5.74) is 0.798. The van der Waals surface area contributed by atoms with E-state index in [4.69, 9.17) is 9.31 Å². The molecular formula is C14H19BN4O2. The number of nitrogens with zero attached hydrogens (tertiary/aromatic N) is 4. The van der Waals surface area contributed by atoms with Gasteiger partial charge >= 0.3 is 7.12 Å².